The van der Waals surface area contributed by atoms with E-state index in [1.165, 1.54) is 56.9 Å². The van der Waals surface area contributed by atoms with Crippen LogP contribution in [0.15, 0.2) is 11.6 Å². The van der Waals surface area contributed by atoms with Gasteiger partial charge in [-0.15, -0.1) is 0 Å². The minimum atomic E-state index is -0.0194. The van der Waals surface area contributed by atoms with E-state index in [1.54, 1.807) is 0 Å². The van der Waals surface area contributed by atoms with E-state index in [0.717, 1.165) is 49.9 Å². The average molecular weight is 367 g/mol. The minimum absolute atomic E-state index is 0.00989. The van der Waals surface area contributed by atoms with E-state index in [4.69, 9.17) is 0 Å². The number of hydrogen-bond acceptors (Lipinski definition) is 2. The van der Waals surface area contributed by atoms with Gasteiger partial charge in [-0.2, -0.15) is 0 Å². The summed E-state index contributed by atoms with van der Waals surface area (Å²) in [4.78, 5) is 0. The molecule has 2 saturated carbocycles. The van der Waals surface area contributed by atoms with Gasteiger partial charge >= 0.3 is 0 Å². The number of aliphatic hydroxyl groups excluding tert-OH is 2. The van der Waals surface area contributed by atoms with Gasteiger partial charge in [-0.1, -0.05) is 70.9 Å². The number of rotatable bonds is 7. The third-order valence-corrected chi connectivity index (χ3v) is 6.63. The predicted molar refractivity (Wildman–Crippen MR) is 113 cm³/mol. The molecule has 0 aromatic rings. The largest absolute Gasteiger partial charge is 0.393 e. The van der Waals surface area contributed by atoms with Crippen LogP contribution in [0.5, 0.6) is 0 Å². The molecule has 0 spiro atoms. The summed E-state index contributed by atoms with van der Waals surface area (Å²) in [5.41, 5.74) is 1.49. The minimum Gasteiger partial charge on any atom is -0.393 e. The van der Waals surface area contributed by atoms with Crippen molar-refractivity contribution in [1.82, 2.24) is 0 Å². The monoisotopic (exact) mass is 366 g/mol. The molecule has 0 aromatic heterocycles. The molecule has 154 valence electrons. The molecule has 0 radical (unpaired) electrons. The smallest absolute Gasteiger partial charge is 0.0543 e. The van der Waals surface area contributed by atoms with Crippen LogP contribution in [0.1, 0.15) is 111 Å². The molecule has 0 aromatic carbocycles. The van der Waals surface area contributed by atoms with Crippen LogP contribution in [-0.2, 0) is 0 Å². The molecule has 0 saturated heterocycles. The fraction of sp³-hybridized carbons (Fsp3) is 0.917. The quantitative estimate of drug-likeness (QED) is 0.495. The summed E-state index contributed by atoms with van der Waals surface area (Å²) in [7, 11) is 0. The number of hydrogen-bond donors (Lipinski definition) is 2. The summed E-state index contributed by atoms with van der Waals surface area (Å²) in [6, 6.07) is 0. The highest BCUT2D eigenvalue weighted by Gasteiger charge is 2.20. The van der Waals surface area contributed by atoms with E-state index in [9.17, 15) is 10.2 Å². The predicted octanol–water partition coefficient (Wildman–Crippen LogP) is 6.65. The van der Waals surface area contributed by atoms with Crippen LogP contribution < -0.4 is 0 Å². The molecule has 2 fully saturated rings. The van der Waals surface area contributed by atoms with Crippen molar-refractivity contribution in [3.05, 3.63) is 11.6 Å². The molecule has 0 heterocycles. The van der Waals surface area contributed by atoms with Crippen molar-refractivity contribution in [2.45, 2.75) is 123 Å². The lowest BCUT2D eigenvalue weighted by molar-refractivity contribution is 0.0960. The van der Waals surface area contributed by atoms with Gasteiger partial charge < -0.3 is 10.2 Å². The van der Waals surface area contributed by atoms with Crippen molar-refractivity contribution >= 4 is 0 Å². The Bertz CT molecular complexity index is 376. The first-order valence-corrected chi connectivity index (χ1v) is 11.5. The highest BCUT2D eigenvalue weighted by Crippen LogP contribution is 2.29. The molecule has 26 heavy (non-hydrogen) atoms. The Morgan fingerprint density at radius 1 is 0.962 bits per heavy atom. The normalized spacial score (nSPS) is 31.1. The summed E-state index contributed by atoms with van der Waals surface area (Å²) in [6.45, 7) is 8.99. The van der Waals surface area contributed by atoms with Gasteiger partial charge in [-0.3, -0.25) is 0 Å². The van der Waals surface area contributed by atoms with Crippen LogP contribution >= 0.6 is 0 Å². The lowest BCUT2D eigenvalue weighted by Gasteiger charge is -2.26. The summed E-state index contributed by atoms with van der Waals surface area (Å²) in [6.07, 6.45) is 17.9. The van der Waals surface area contributed by atoms with E-state index in [2.05, 4.69) is 33.8 Å². The van der Waals surface area contributed by atoms with E-state index in [1.807, 2.05) is 0 Å². The van der Waals surface area contributed by atoms with Crippen molar-refractivity contribution < 1.29 is 10.2 Å². The van der Waals surface area contributed by atoms with Crippen molar-refractivity contribution in [1.29, 1.82) is 0 Å². The third-order valence-electron chi connectivity index (χ3n) is 6.63. The molecule has 0 bridgehead atoms. The van der Waals surface area contributed by atoms with Crippen LogP contribution in [0.2, 0.25) is 0 Å². The van der Waals surface area contributed by atoms with Crippen LogP contribution in [0.4, 0.5) is 0 Å². The molecule has 2 N–H and O–H groups in total. The van der Waals surface area contributed by atoms with Gasteiger partial charge in [0.2, 0.25) is 0 Å². The number of aliphatic hydroxyl groups is 2. The van der Waals surface area contributed by atoms with E-state index in [0.29, 0.717) is 0 Å². The maximum atomic E-state index is 9.50. The first-order valence-electron chi connectivity index (χ1n) is 11.5. The first kappa shape index (κ1) is 23.7. The topological polar surface area (TPSA) is 40.5 Å². The van der Waals surface area contributed by atoms with Crippen molar-refractivity contribution in [2.75, 3.05) is 0 Å². The third kappa shape index (κ3) is 10.7. The zero-order valence-corrected chi connectivity index (χ0v) is 18.1. The van der Waals surface area contributed by atoms with Gasteiger partial charge in [0.15, 0.2) is 0 Å². The van der Waals surface area contributed by atoms with Crippen molar-refractivity contribution in [3.8, 4) is 0 Å². The average Bonchev–Trinajstić information content (AvgIpc) is 2.64. The van der Waals surface area contributed by atoms with E-state index in [-0.39, 0.29) is 12.2 Å². The molecule has 0 amide bonds. The van der Waals surface area contributed by atoms with Gasteiger partial charge in [0, 0.05) is 0 Å². The SMILES string of the molecule is CC/C(C)=C\CC1CCCC(O)C1.CCC(C)CCC1CCCC(O)C1. The van der Waals surface area contributed by atoms with Crippen LogP contribution in [0, 0.1) is 17.8 Å². The Labute approximate surface area is 163 Å². The molecule has 0 aliphatic heterocycles. The standard InChI is InChI=1S/C12H24O.C12H22O/c2*1-3-10(2)7-8-11-5-4-6-12(13)9-11/h10-13H,3-9H2,1-2H3;7,11-13H,3-6,8-9H2,1-2H3/b;10-7-. The Hall–Kier alpha value is -0.340. The highest BCUT2D eigenvalue weighted by molar-refractivity contribution is 4.97. The van der Waals surface area contributed by atoms with Gasteiger partial charge in [0.25, 0.3) is 0 Å². The van der Waals surface area contributed by atoms with Crippen molar-refractivity contribution in [3.63, 3.8) is 0 Å². The van der Waals surface area contributed by atoms with Gasteiger partial charge in [-0.05, 0) is 69.6 Å². The maximum Gasteiger partial charge on any atom is 0.0543 e. The molecule has 2 heteroatoms. The molecule has 2 aliphatic rings. The maximum absolute atomic E-state index is 9.50. The molecule has 2 aliphatic carbocycles. The van der Waals surface area contributed by atoms with Crippen molar-refractivity contribution in [2.24, 2.45) is 17.8 Å². The van der Waals surface area contributed by atoms with E-state index >= 15 is 0 Å². The van der Waals surface area contributed by atoms with Crippen LogP contribution in [0.25, 0.3) is 0 Å². The summed E-state index contributed by atoms with van der Waals surface area (Å²) in [5, 5.41) is 19.0. The van der Waals surface area contributed by atoms with Crippen LogP contribution in [-0.4, -0.2) is 22.4 Å². The molecule has 5 unspecified atom stereocenters. The lowest BCUT2D eigenvalue weighted by Crippen LogP contribution is -2.19. The summed E-state index contributed by atoms with van der Waals surface area (Å²) < 4.78 is 0. The Morgan fingerprint density at radius 2 is 1.54 bits per heavy atom. The first-order chi connectivity index (χ1) is 12.4. The lowest BCUT2D eigenvalue weighted by atomic mass is 9.83. The summed E-state index contributed by atoms with van der Waals surface area (Å²) >= 11 is 0. The fourth-order valence-electron chi connectivity index (χ4n) is 4.24. The second kappa shape index (κ2) is 13.8. The molecule has 5 atom stereocenters. The molecule has 2 nitrogen and oxygen atoms in total. The van der Waals surface area contributed by atoms with E-state index < -0.39 is 0 Å². The Kier molecular flexibility index (Phi) is 12.6. The van der Waals surface area contributed by atoms with Crippen LogP contribution in [0.3, 0.4) is 0 Å². The second-order valence-corrected chi connectivity index (χ2v) is 9.10. The van der Waals surface area contributed by atoms with Gasteiger partial charge in [0.05, 0.1) is 12.2 Å². The Balaban J connectivity index is 0.000000260. The van der Waals surface area contributed by atoms with Gasteiger partial charge in [0.1, 0.15) is 0 Å². The molecule has 2 rings (SSSR count). The summed E-state index contributed by atoms with van der Waals surface area (Å²) in [5.74, 6) is 2.43. The number of allylic oxidation sites excluding steroid dienone is 2. The molecular weight excluding hydrogens is 320 g/mol. The molecular formula is C24H46O2. The van der Waals surface area contributed by atoms with Gasteiger partial charge in [-0.25, -0.2) is 0 Å². The zero-order chi connectivity index (χ0) is 19.4. The zero-order valence-electron chi connectivity index (χ0n) is 18.1. The highest BCUT2D eigenvalue weighted by atomic mass is 16.3. The second-order valence-electron chi connectivity index (χ2n) is 9.10. The fourth-order valence-corrected chi connectivity index (χ4v) is 4.24. The Morgan fingerprint density at radius 3 is 2.08 bits per heavy atom.